The molecule has 1 atom stereocenters. The smallest absolute Gasteiger partial charge is 0.337 e. The second-order valence-electron chi connectivity index (χ2n) is 6.81. The zero-order chi connectivity index (χ0) is 23.1. The number of aromatic nitrogens is 6. The molecule has 4 rings (SSSR count). The Morgan fingerprint density at radius 1 is 1.38 bits per heavy atom. The van der Waals surface area contributed by atoms with Crippen LogP contribution in [-0.2, 0) is 32.6 Å². The zero-order valence-corrected chi connectivity index (χ0v) is 18.0. The van der Waals surface area contributed by atoms with Gasteiger partial charge in [0.2, 0.25) is 11.8 Å². The number of hydrogen-bond acceptors (Lipinski definition) is 10. The fourth-order valence-electron chi connectivity index (χ4n) is 3.35. The molecule has 13 nitrogen and oxygen atoms in total. The molecule has 1 aromatic carbocycles. The standard InChI is InChI=1S/C18H23N7O4.CH2O2/c1-23-14-5-4-12(17(26)28-3)10-13(14)19-18(23)24-6-9-29-15(11-24)16-20-22-25(21-16)7-8-27-2;2-1-3/h4-5,10,15H,6-9,11H2,1-3H3;1H,(H,2,3). The molecule has 32 heavy (non-hydrogen) atoms. The van der Waals surface area contributed by atoms with Gasteiger partial charge in [-0.05, 0) is 23.4 Å². The molecule has 1 aliphatic heterocycles. The van der Waals surface area contributed by atoms with E-state index in [1.165, 1.54) is 11.9 Å². The predicted molar refractivity (Wildman–Crippen MR) is 111 cm³/mol. The van der Waals surface area contributed by atoms with Crippen LogP contribution >= 0.6 is 0 Å². The van der Waals surface area contributed by atoms with Crippen LogP contribution in [0.4, 0.5) is 5.95 Å². The first-order valence-electron chi connectivity index (χ1n) is 9.78. The van der Waals surface area contributed by atoms with Gasteiger partial charge in [0.15, 0.2) is 0 Å². The second kappa shape index (κ2) is 10.6. The van der Waals surface area contributed by atoms with E-state index in [1.807, 2.05) is 17.7 Å². The average Bonchev–Trinajstić information content (AvgIpc) is 3.42. The van der Waals surface area contributed by atoms with E-state index in [2.05, 4.69) is 20.3 Å². The van der Waals surface area contributed by atoms with Crippen molar-refractivity contribution in [3.8, 4) is 0 Å². The number of esters is 1. The maximum Gasteiger partial charge on any atom is 0.337 e. The number of carbonyl (C=O) groups is 2. The summed E-state index contributed by atoms with van der Waals surface area (Å²) in [6.45, 7) is 2.56. The van der Waals surface area contributed by atoms with E-state index in [1.54, 1.807) is 19.2 Å². The Morgan fingerprint density at radius 2 is 2.16 bits per heavy atom. The van der Waals surface area contributed by atoms with Gasteiger partial charge in [0, 0.05) is 20.7 Å². The summed E-state index contributed by atoms with van der Waals surface area (Å²) in [7, 11) is 4.95. The molecule has 1 unspecified atom stereocenters. The molecular weight excluding hydrogens is 422 g/mol. The third-order valence-corrected chi connectivity index (χ3v) is 4.88. The third kappa shape index (κ3) is 5.00. The van der Waals surface area contributed by atoms with Crippen LogP contribution in [0.1, 0.15) is 22.3 Å². The van der Waals surface area contributed by atoms with Gasteiger partial charge in [0.25, 0.3) is 6.47 Å². The number of carbonyl (C=O) groups excluding carboxylic acids is 1. The number of morpholine rings is 1. The fourth-order valence-corrected chi connectivity index (χ4v) is 3.35. The fraction of sp³-hybridized carbons (Fsp3) is 0.474. The predicted octanol–water partition coefficient (Wildman–Crippen LogP) is 0.272. The van der Waals surface area contributed by atoms with Crippen molar-refractivity contribution in [2.75, 3.05) is 45.4 Å². The largest absolute Gasteiger partial charge is 0.483 e. The molecule has 172 valence electrons. The summed E-state index contributed by atoms with van der Waals surface area (Å²) in [6.07, 6.45) is -0.300. The molecule has 3 aromatic rings. The van der Waals surface area contributed by atoms with Crippen molar-refractivity contribution < 1.29 is 28.9 Å². The van der Waals surface area contributed by atoms with Crippen molar-refractivity contribution in [3.05, 3.63) is 29.6 Å². The van der Waals surface area contributed by atoms with Crippen molar-refractivity contribution in [3.63, 3.8) is 0 Å². The summed E-state index contributed by atoms with van der Waals surface area (Å²) in [5, 5.41) is 19.4. The van der Waals surface area contributed by atoms with E-state index < -0.39 is 0 Å². The molecule has 1 N–H and O–H groups in total. The molecule has 0 spiro atoms. The quantitative estimate of drug-likeness (QED) is 0.410. The molecule has 0 bridgehead atoms. The van der Waals surface area contributed by atoms with Crippen LogP contribution in [0.2, 0.25) is 0 Å². The molecule has 3 heterocycles. The van der Waals surface area contributed by atoms with Gasteiger partial charge in [-0.3, -0.25) is 4.79 Å². The minimum atomic E-state index is -0.381. The Kier molecular flexibility index (Phi) is 7.68. The minimum Gasteiger partial charge on any atom is -0.483 e. The van der Waals surface area contributed by atoms with Crippen molar-refractivity contribution in [2.45, 2.75) is 12.6 Å². The van der Waals surface area contributed by atoms with Gasteiger partial charge < -0.3 is 28.8 Å². The lowest BCUT2D eigenvalue weighted by Gasteiger charge is -2.32. The highest BCUT2D eigenvalue weighted by Gasteiger charge is 2.28. The highest BCUT2D eigenvalue weighted by atomic mass is 16.5. The van der Waals surface area contributed by atoms with E-state index >= 15 is 0 Å². The lowest BCUT2D eigenvalue weighted by molar-refractivity contribution is -0.122. The number of nitrogens with zero attached hydrogens (tertiary/aromatic N) is 7. The summed E-state index contributed by atoms with van der Waals surface area (Å²) in [5.74, 6) is 0.952. The first-order valence-corrected chi connectivity index (χ1v) is 9.78. The lowest BCUT2D eigenvalue weighted by atomic mass is 10.2. The van der Waals surface area contributed by atoms with Crippen LogP contribution in [-0.4, -0.2) is 87.8 Å². The number of anilines is 1. The summed E-state index contributed by atoms with van der Waals surface area (Å²) in [4.78, 5) is 28.5. The lowest BCUT2D eigenvalue weighted by Crippen LogP contribution is -2.40. The van der Waals surface area contributed by atoms with Crippen LogP contribution in [0.5, 0.6) is 0 Å². The number of ether oxygens (including phenoxy) is 3. The van der Waals surface area contributed by atoms with Crippen molar-refractivity contribution in [1.29, 1.82) is 0 Å². The highest BCUT2D eigenvalue weighted by molar-refractivity contribution is 5.94. The molecule has 1 saturated heterocycles. The van der Waals surface area contributed by atoms with Gasteiger partial charge in [-0.1, -0.05) is 0 Å². The zero-order valence-electron chi connectivity index (χ0n) is 18.0. The summed E-state index contributed by atoms with van der Waals surface area (Å²) < 4.78 is 17.7. The number of imidazole rings is 1. The van der Waals surface area contributed by atoms with Gasteiger partial charge >= 0.3 is 5.97 Å². The number of fused-ring (bicyclic) bond motifs is 1. The molecule has 1 aliphatic rings. The van der Waals surface area contributed by atoms with Gasteiger partial charge in [-0.25, -0.2) is 9.78 Å². The van der Waals surface area contributed by atoms with Crippen molar-refractivity contribution >= 4 is 29.4 Å². The highest BCUT2D eigenvalue weighted by Crippen LogP contribution is 2.27. The molecule has 2 aromatic heterocycles. The Morgan fingerprint density at radius 3 is 2.88 bits per heavy atom. The third-order valence-electron chi connectivity index (χ3n) is 4.88. The first-order chi connectivity index (χ1) is 15.5. The molecular formula is C19H25N7O6. The topological polar surface area (TPSA) is 147 Å². The van der Waals surface area contributed by atoms with Crippen LogP contribution in [0.3, 0.4) is 0 Å². The number of methoxy groups -OCH3 is 2. The van der Waals surface area contributed by atoms with Gasteiger partial charge in [0.05, 0.1) is 50.0 Å². The van der Waals surface area contributed by atoms with Crippen LogP contribution in [0.25, 0.3) is 11.0 Å². The van der Waals surface area contributed by atoms with E-state index in [4.69, 9.17) is 29.1 Å². The Labute approximate surface area is 183 Å². The Balaban J connectivity index is 0.000000913. The van der Waals surface area contributed by atoms with E-state index in [9.17, 15) is 4.79 Å². The van der Waals surface area contributed by atoms with E-state index in [0.717, 1.165) is 17.0 Å². The second-order valence-corrected chi connectivity index (χ2v) is 6.81. The van der Waals surface area contributed by atoms with Gasteiger partial charge in [-0.2, -0.15) is 4.80 Å². The number of hydrogen-bond donors (Lipinski definition) is 1. The number of carboxylic acid groups (broad SMARTS) is 1. The molecule has 0 aliphatic carbocycles. The van der Waals surface area contributed by atoms with Crippen LogP contribution in [0.15, 0.2) is 18.2 Å². The van der Waals surface area contributed by atoms with Crippen molar-refractivity contribution in [2.24, 2.45) is 7.05 Å². The summed E-state index contributed by atoms with van der Waals surface area (Å²) in [6, 6.07) is 5.36. The first kappa shape index (κ1) is 23.1. The average molecular weight is 447 g/mol. The molecule has 0 saturated carbocycles. The SMILES string of the molecule is COCCn1nnc(C2CN(c3nc4cc(C(=O)OC)ccc4n3C)CCO2)n1.O=CO. The maximum absolute atomic E-state index is 11.8. The van der Waals surface area contributed by atoms with Crippen LogP contribution in [0, 0.1) is 0 Å². The van der Waals surface area contributed by atoms with E-state index in [-0.39, 0.29) is 18.5 Å². The molecule has 1 fully saturated rings. The summed E-state index contributed by atoms with van der Waals surface area (Å²) >= 11 is 0. The number of benzene rings is 1. The maximum atomic E-state index is 11.8. The molecule has 0 radical (unpaired) electrons. The normalized spacial score (nSPS) is 15.8. The summed E-state index contributed by atoms with van der Waals surface area (Å²) in [5.41, 5.74) is 2.14. The molecule has 13 heteroatoms. The minimum absolute atomic E-state index is 0.250. The van der Waals surface area contributed by atoms with E-state index in [0.29, 0.717) is 44.2 Å². The van der Waals surface area contributed by atoms with Crippen LogP contribution < -0.4 is 4.90 Å². The molecule has 0 amide bonds. The number of rotatable bonds is 6. The monoisotopic (exact) mass is 447 g/mol. The van der Waals surface area contributed by atoms with Gasteiger partial charge in [0.1, 0.15) is 6.10 Å². The Hall–Kier alpha value is -3.58. The number of aryl methyl sites for hydroxylation is 1. The Bertz CT molecular complexity index is 1070. The van der Waals surface area contributed by atoms with Gasteiger partial charge in [-0.15, -0.1) is 10.2 Å². The van der Waals surface area contributed by atoms with Crippen molar-refractivity contribution in [1.82, 2.24) is 29.8 Å². The number of tetrazole rings is 1.